The van der Waals surface area contributed by atoms with E-state index >= 15 is 0 Å². The highest BCUT2D eigenvalue weighted by molar-refractivity contribution is 7.14. The fourth-order valence-corrected chi connectivity index (χ4v) is 3.79. The smallest absolute Gasteiger partial charge is 0.253 e. The molecule has 0 aliphatic carbocycles. The zero-order chi connectivity index (χ0) is 17.1. The quantitative estimate of drug-likeness (QED) is 0.880. The lowest BCUT2D eigenvalue weighted by Crippen LogP contribution is -2.40. The first-order chi connectivity index (χ1) is 11.6. The topological polar surface area (TPSA) is 67.3 Å². The van der Waals surface area contributed by atoms with Gasteiger partial charge in [0.1, 0.15) is 16.5 Å². The summed E-state index contributed by atoms with van der Waals surface area (Å²) in [6, 6.07) is 3.80. The molecule has 24 heavy (non-hydrogen) atoms. The van der Waals surface area contributed by atoms with Crippen molar-refractivity contribution < 1.29 is 9.53 Å². The van der Waals surface area contributed by atoms with Crippen molar-refractivity contribution in [1.29, 1.82) is 0 Å². The van der Waals surface area contributed by atoms with Crippen LogP contribution in [0.5, 0.6) is 0 Å². The Balaban J connectivity index is 1.70. The zero-order valence-electron chi connectivity index (χ0n) is 13.5. The Morgan fingerprint density at radius 2 is 2.38 bits per heavy atom. The largest absolute Gasteiger partial charge is 0.380 e. The fourth-order valence-electron chi connectivity index (χ4n) is 2.88. The number of ether oxygens (including phenoxy) is 1. The summed E-state index contributed by atoms with van der Waals surface area (Å²) in [7, 11) is 1.71. The molecule has 1 aliphatic heterocycles. The maximum absolute atomic E-state index is 12.3. The Labute approximate surface area is 149 Å². The second kappa shape index (κ2) is 7.46. The number of nitrogens with zero attached hydrogens (tertiary/aromatic N) is 3. The molecule has 1 amide bonds. The lowest BCUT2D eigenvalue weighted by Gasteiger charge is -2.25. The number of carbonyl (C=O) groups excluding carboxylic acids is 1. The van der Waals surface area contributed by atoms with E-state index in [4.69, 9.17) is 16.3 Å². The number of anilines is 1. The van der Waals surface area contributed by atoms with E-state index < -0.39 is 0 Å². The zero-order valence-corrected chi connectivity index (χ0v) is 15.1. The highest BCUT2D eigenvalue weighted by Crippen LogP contribution is 2.26. The van der Waals surface area contributed by atoms with Gasteiger partial charge in [-0.3, -0.25) is 4.79 Å². The van der Waals surface area contributed by atoms with E-state index in [1.165, 1.54) is 11.3 Å². The second-order valence-electron chi connectivity index (χ2n) is 5.74. The summed E-state index contributed by atoms with van der Waals surface area (Å²) in [5.41, 5.74) is 1.43. The van der Waals surface area contributed by atoms with Crippen LogP contribution in [0, 0.1) is 6.92 Å². The van der Waals surface area contributed by atoms with Gasteiger partial charge in [-0.25, -0.2) is 9.97 Å². The Hall–Kier alpha value is -1.70. The van der Waals surface area contributed by atoms with E-state index in [1.807, 2.05) is 18.4 Å². The summed E-state index contributed by atoms with van der Waals surface area (Å²) < 4.78 is 6.02. The monoisotopic (exact) mass is 366 g/mol. The molecule has 8 heteroatoms. The number of rotatable bonds is 5. The molecule has 0 unspecified atom stereocenters. The molecule has 1 fully saturated rings. The SMILES string of the molecule is CO[C@H]1C[C@@H](CNC(=O)c2ccsc2Cl)N(c2cc(C)ncn2)C1. The van der Waals surface area contributed by atoms with Gasteiger partial charge in [-0.05, 0) is 24.8 Å². The predicted molar refractivity (Wildman–Crippen MR) is 95.0 cm³/mol. The third-order valence-electron chi connectivity index (χ3n) is 4.15. The van der Waals surface area contributed by atoms with Gasteiger partial charge in [0.25, 0.3) is 5.91 Å². The van der Waals surface area contributed by atoms with Crippen molar-refractivity contribution in [2.45, 2.75) is 25.5 Å². The van der Waals surface area contributed by atoms with Crippen LogP contribution in [-0.2, 0) is 4.74 Å². The van der Waals surface area contributed by atoms with Gasteiger partial charge in [0.2, 0.25) is 0 Å². The number of hydrogen-bond acceptors (Lipinski definition) is 6. The van der Waals surface area contributed by atoms with Gasteiger partial charge in [0.05, 0.1) is 17.7 Å². The molecule has 0 spiro atoms. The van der Waals surface area contributed by atoms with E-state index in [-0.39, 0.29) is 18.1 Å². The van der Waals surface area contributed by atoms with Crippen LogP contribution in [0.3, 0.4) is 0 Å². The van der Waals surface area contributed by atoms with Crippen LogP contribution >= 0.6 is 22.9 Å². The van der Waals surface area contributed by atoms with Crippen molar-refractivity contribution in [2.75, 3.05) is 25.1 Å². The molecule has 0 aromatic carbocycles. The standard InChI is InChI=1S/C16H19ClN4O2S/c1-10-5-14(20-9-19-10)21-8-12(23-2)6-11(21)7-18-16(22)13-3-4-24-15(13)17/h3-5,9,11-12H,6-8H2,1-2H3,(H,18,22)/t11-,12-/m0/s1. The van der Waals surface area contributed by atoms with Crippen molar-refractivity contribution in [2.24, 2.45) is 0 Å². The van der Waals surface area contributed by atoms with Gasteiger partial charge < -0.3 is 15.0 Å². The fraction of sp³-hybridized carbons (Fsp3) is 0.438. The van der Waals surface area contributed by atoms with Crippen molar-refractivity contribution in [3.63, 3.8) is 0 Å². The van der Waals surface area contributed by atoms with Crippen LogP contribution in [0.2, 0.25) is 4.34 Å². The molecular weight excluding hydrogens is 348 g/mol. The van der Waals surface area contributed by atoms with Crippen LogP contribution in [0.15, 0.2) is 23.8 Å². The minimum atomic E-state index is -0.152. The van der Waals surface area contributed by atoms with Crippen LogP contribution in [0.4, 0.5) is 5.82 Å². The van der Waals surface area contributed by atoms with Crippen molar-refractivity contribution in [3.05, 3.63) is 39.4 Å². The van der Waals surface area contributed by atoms with Crippen LogP contribution in [-0.4, -0.2) is 48.2 Å². The van der Waals surface area contributed by atoms with Gasteiger partial charge in [-0.1, -0.05) is 11.6 Å². The number of methoxy groups -OCH3 is 1. The molecule has 2 aromatic heterocycles. The van der Waals surface area contributed by atoms with Crippen LogP contribution in [0.1, 0.15) is 22.5 Å². The number of aromatic nitrogens is 2. The average molecular weight is 367 g/mol. The lowest BCUT2D eigenvalue weighted by molar-refractivity contribution is 0.0947. The lowest BCUT2D eigenvalue weighted by atomic mass is 10.2. The van der Waals surface area contributed by atoms with E-state index in [9.17, 15) is 4.79 Å². The van der Waals surface area contributed by atoms with Crippen LogP contribution < -0.4 is 10.2 Å². The third kappa shape index (κ3) is 3.68. The first kappa shape index (κ1) is 17.1. The summed E-state index contributed by atoms with van der Waals surface area (Å²) in [5.74, 6) is 0.704. The summed E-state index contributed by atoms with van der Waals surface area (Å²) in [6.07, 6.45) is 2.51. The molecule has 128 valence electrons. The molecule has 6 nitrogen and oxygen atoms in total. The second-order valence-corrected chi connectivity index (χ2v) is 7.25. The van der Waals surface area contributed by atoms with E-state index in [0.29, 0.717) is 16.4 Å². The Kier molecular flexibility index (Phi) is 5.33. The van der Waals surface area contributed by atoms with E-state index in [1.54, 1.807) is 19.5 Å². The highest BCUT2D eigenvalue weighted by atomic mass is 35.5. The van der Waals surface area contributed by atoms with E-state index in [0.717, 1.165) is 24.5 Å². The Bertz CT molecular complexity index is 724. The molecular formula is C16H19ClN4O2S. The number of hydrogen-bond donors (Lipinski definition) is 1. The normalized spacial score (nSPS) is 20.4. The van der Waals surface area contributed by atoms with Gasteiger partial charge >= 0.3 is 0 Å². The van der Waals surface area contributed by atoms with Crippen molar-refractivity contribution >= 4 is 34.7 Å². The maximum Gasteiger partial charge on any atom is 0.253 e. The number of nitrogens with one attached hydrogen (secondary N) is 1. The summed E-state index contributed by atoms with van der Waals surface area (Å²) in [4.78, 5) is 22.9. The molecule has 2 aromatic rings. The minimum absolute atomic E-state index is 0.116. The Morgan fingerprint density at radius 3 is 3.04 bits per heavy atom. The van der Waals surface area contributed by atoms with Crippen molar-refractivity contribution in [3.8, 4) is 0 Å². The molecule has 0 bridgehead atoms. The van der Waals surface area contributed by atoms with Crippen LogP contribution in [0.25, 0.3) is 0 Å². The first-order valence-electron chi connectivity index (χ1n) is 7.67. The number of carbonyl (C=O) groups is 1. The third-order valence-corrected chi connectivity index (χ3v) is 5.32. The molecule has 2 atom stereocenters. The van der Waals surface area contributed by atoms with Gasteiger partial charge in [0.15, 0.2) is 0 Å². The molecule has 1 N–H and O–H groups in total. The molecule has 1 aliphatic rings. The molecule has 3 heterocycles. The number of thiophene rings is 1. The molecule has 0 saturated carbocycles. The number of aryl methyl sites for hydroxylation is 1. The first-order valence-corrected chi connectivity index (χ1v) is 8.93. The van der Waals surface area contributed by atoms with Crippen molar-refractivity contribution in [1.82, 2.24) is 15.3 Å². The summed E-state index contributed by atoms with van der Waals surface area (Å²) >= 11 is 7.38. The molecule has 0 radical (unpaired) electrons. The minimum Gasteiger partial charge on any atom is -0.380 e. The number of amides is 1. The van der Waals surface area contributed by atoms with Gasteiger partial charge in [0, 0.05) is 32.0 Å². The number of halogens is 1. The van der Waals surface area contributed by atoms with Gasteiger partial charge in [-0.2, -0.15) is 0 Å². The molecule has 3 rings (SSSR count). The maximum atomic E-state index is 12.3. The Morgan fingerprint density at radius 1 is 1.54 bits per heavy atom. The summed E-state index contributed by atoms with van der Waals surface area (Å²) in [6.45, 7) is 3.19. The predicted octanol–water partition coefficient (Wildman–Crippen LogP) is 2.52. The summed E-state index contributed by atoms with van der Waals surface area (Å²) in [5, 5.41) is 4.78. The molecule has 1 saturated heterocycles. The van der Waals surface area contributed by atoms with Gasteiger partial charge in [-0.15, -0.1) is 11.3 Å². The van der Waals surface area contributed by atoms with E-state index in [2.05, 4.69) is 20.2 Å². The highest BCUT2D eigenvalue weighted by Gasteiger charge is 2.33. The average Bonchev–Trinajstić information content (AvgIpc) is 3.18.